The molecular weight excluding hydrogens is 463 g/mol. The van der Waals surface area contributed by atoms with E-state index in [9.17, 15) is 4.79 Å². The van der Waals surface area contributed by atoms with Crippen LogP contribution < -0.4 is 0 Å². The Labute approximate surface area is 171 Å². The monoisotopic (exact) mass is 482 g/mol. The van der Waals surface area contributed by atoms with E-state index in [-0.39, 0.29) is 17.7 Å². The summed E-state index contributed by atoms with van der Waals surface area (Å²) >= 11 is 7.29. The molecule has 2 bridgehead atoms. The van der Waals surface area contributed by atoms with Crippen LogP contribution in [0.1, 0.15) is 39.2 Å². The number of esters is 1. The van der Waals surface area contributed by atoms with Crippen molar-refractivity contribution in [2.24, 2.45) is 0 Å². The molecule has 4 nitrogen and oxygen atoms in total. The molecule has 1 aromatic carbocycles. The summed E-state index contributed by atoms with van der Waals surface area (Å²) in [6.07, 6.45) is 1.49. The second kappa shape index (κ2) is 5.93. The molecule has 1 aliphatic carbocycles. The standard InChI is InChI=1S/C19H21BBr2O4/c1-17(2)18(3,4)26-20(25-17)14-13(11-8-6-5-7-9-11)19(22)10-12(21)15(14)24-16(19)23/h5-10,13-15H,1-4H3/t13-,14+,15-,19-/m1/s1. The van der Waals surface area contributed by atoms with Gasteiger partial charge in [0.05, 0.1) is 11.2 Å². The lowest BCUT2D eigenvalue weighted by Crippen LogP contribution is -2.58. The van der Waals surface area contributed by atoms with E-state index in [1.807, 2.05) is 64.1 Å². The predicted octanol–water partition coefficient (Wildman–Crippen LogP) is 4.58. The molecule has 2 fully saturated rings. The fourth-order valence-corrected chi connectivity index (χ4v) is 5.99. The van der Waals surface area contributed by atoms with Gasteiger partial charge >= 0.3 is 13.1 Å². The number of ether oxygens (including phenoxy) is 1. The molecule has 1 aromatic rings. The third kappa shape index (κ3) is 2.58. The number of hydrogen-bond acceptors (Lipinski definition) is 4. The van der Waals surface area contributed by atoms with E-state index < -0.39 is 28.7 Å². The third-order valence-corrected chi connectivity index (χ3v) is 7.82. The van der Waals surface area contributed by atoms with Crippen LogP contribution in [0.2, 0.25) is 5.82 Å². The van der Waals surface area contributed by atoms with Crippen LogP contribution in [0.25, 0.3) is 0 Å². The van der Waals surface area contributed by atoms with Crippen molar-refractivity contribution in [1.29, 1.82) is 0 Å². The number of alkyl halides is 1. The highest BCUT2D eigenvalue weighted by molar-refractivity contribution is 9.12. The van der Waals surface area contributed by atoms with Crippen LogP contribution in [-0.4, -0.2) is 34.7 Å². The van der Waals surface area contributed by atoms with E-state index >= 15 is 0 Å². The van der Waals surface area contributed by atoms with Gasteiger partial charge in [-0.1, -0.05) is 62.2 Å². The molecule has 0 amide bonds. The van der Waals surface area contributed by atoms with Crippen LogP contribution in [0, 0.1) is 0 Å². The quantitative estimate of drug-likeness (QED) is 0.351. The zero-order valence-electron chi connectivity index (χ0n) is 15.2. The number of fused-ring (bicyclic) bond motifs is 2. The summed E-state index contributed by atoms with van der Waals surface area (Å²) < 4.78 is 18.4. The maximum atomic E-state index is 12.7. The predicted molar refractivity (Wildman–Crippen MR) is 108 cm³/mol. The van der Waals surface area contributed by atoms with Crippen LogP contribution in [0.15, 0.2) is 40.9 Å². The number of carbonyl (C=O) groups is 1. The Morgan fingerprint density at radius 3 is 2.19 bits per heavy atom. The van der Waals surface area contributed by atoms with Gasteiger partial charge in [-0.3, -0.25) is 4.79 Å². The van der Waals surface area contributed by atoms with E-state index in [4.69, 9.17) is 14.0 Å². The Kier molecular flexibility index (Phi) is 4.27. The molecule has 3 heterocycles. The minimum atomic E-state index is -0.948. The van der Waals surface area contributed by atoms with Crippen molar-refractivity contribution < 1.29 is 18.8 Å². The zero-order chi connectivity index (χ0) is 18.9. The fourth-order valence-electron chi connectivity index (χ4n) is 4.01. The first kappa shape index (κ1) is 18.7. The summed E-state index contributed by atoms with van der Waals surface area (Å²) in [6.45, 7) is 8.14. The van der Waals surface area contributed by atoms with Crippen LogP contribution in [-0.2, 0) is 18.8 Å². The molecule has 4 aliphatic rings. The molecule has 0 unspecified atom stereocenters. The van der Waals surface area contributed by atoms with Crippen molar-refractivity contribution in [3.63, 3.8) is 0 Å². The molecule has 5 rings (SSSR count). The fraction of sp³-hybridized carbons (Fsp3) is 0.526. The van der Waals surface area contributed by atoms with Gasteiger partial charge in [0, 0.05) is 16.2 Å². The number of halogens is 2. The number of carbonyl (C=O) groups excluding carboxylic acids is 1. The van der Waals surface area contributed by atoms with Crippen molar-refractivity contribution >= 4 is 44.9 Å². The second-order valence-electron chi connectivity index (χ2n) is 8.21. The smallest absolute Gasteiger partial charge is 0.456 e. The average molecular weight is 484 g/mol. The highest BCUT2D eigenvalue weighted by Crippen LogP contribution is 2.60. The van der Waals surface area contributed by atoms with E-state index in [2.05, 4.69) is 31.9 Å². The minimum absolute atomic E-state index is 0.161. The van der Waals surface area contributed by atoms with Crippen LogP contribution >= 0.6 is 31.9 Å². The normalized spacial score (nSPS) is 37.5. The molecule has 3 aliphatic heterocycles. The van der Waals surface area contributed by atoms with Gasteiger partial charge in [-0.2, -0.15) is 0 Å². The lowest BCUT2D eigenvalue weighted by atomic mass is 9.54. The summed E-state index contributed by atoms with van der Waals surface area (Å²) in [4.78, 5) is 12.7. The van der Waals surface area contributed by atoms with Crippen molar-refractivity contribution in [2.45, 2.75) is 61.1 Å². The van der Waals surface area contributed by atoms with Gasteiger partial charge < -0.3 is 14.0 Å². The van der Waals surface area contributed by atoms with Crippen molar-refractivity contribution in [3.05, 3.63) is 46.5 Å². The summed E-state index contributed by atoms with van der Waals surface area (Å²) in [6, 6.07) is 10.0. The van der Waals surface area contributed by atoms with Gasteiger partial charge in [-0.05, 0) is 39.3 Å². The third-order valence-electron chi connectivity index (χ3n) is 6.10. The molecule has 4 atom stereocenters. The summed E-state index contributed by atoms with van der Waals surface area (Å²) in [5, 5.41) is 0. The molecule has 0 saturated carbocycles. The van der Waals surface area contributed by atoms with Gasteiger partial charge in [0.25, 0.3) is 0 Å². The largest absolute Gasteiger partial charge is 0.466 e. The van der Waals surface area contributed by atoms with Crippen LogP contribution in [0.5, 0.6) is 0 Å². The lowest BCUT2D eigenvalue weighted by molar-refractivity contribution is -0.156. The van der Waals surface area contributed by atoms with E-state index in [1.165, 1.54) is 0 Å². The zero-order valence-corrected chi connectivity index (χ0v) is 18.3. The van der Waals surface area contributed by atoms with E-state index in [0.29, 0.717) is 0 Å². The Balaban J connectivity index is 1.83. The van der Waals surface area contributed by atoms with E-state index in [1.54, 1.807) is 0 Å². The topological polar surface area (TPSA) is 44.8 Å². The van der Waals surface area contributed by atoms with Crippen LogP contribution in [0.3, 0.4) is 0 Å². The summed E-state index contributed by atoms with van der Waals surface area (Å²) in [5.41, 5.74) is 0.159. The first-order valence-electron chi connectivity index (χ1n) is 8.76. The van der Waals surface area contributed by atoms with Gasteiger partial charge in [0.2, 0.25) is 0 Å². The van der Waals surface area contributed by atoms with Gasteiger partial charge in [-0.15, -0.1) is 0 Å². The minimum Gasteiger partial charge on any atom is -0.456 e. The average Bonchev–Trinajstić information content (AvgIpc) is 2.77. The molecule has 0 spiro atoms. The van der Waals surface area contributed by atoms with Crippen molar-refractivity contribution in [3.8, 4) is 0 Å². The van der Waals surface area contributed by atoms with E-state index in [0.717, 1.165) is 10.0 Å². The summed E-state index contributed by atoms with van der Waals surface area (Å²) in [7, 11) is -0.485. The number of rotatable bonds is 2. The second-order valence-corrected chi connectivity index (χ2v) is 10.4. The Hall–Kier alpha value is -0.625. The number of benzene rings is 1. The van der Waals surface area contributed by atoms with Gasteiger partial charge in [0.15, 0.2) is 0 Å². The molecule has 138 valence electrons. The van der Waals surface area contributed by atoms with Crippen LogP contribution in [0.4, 0.5) is 0 Å². The van der Waals surface area contributed by atoms with Crippen molar-refractivity contribution in [1.82, 2.24) is 0 Å². The molecule has 26 heavy (non-hydrogen) atoms. The highest BCUT2D eigenvalue weighted by atomic mass is 79.9. The SMILES string of the molecule is CC1(C)OB([C@@H]2[C@@H]3OC(=O)[C@@](Br)(C=C3Br)[C@@H]2c2ccccc2)OC1(C)C. The molecule has 0 radical (unpaired) electrons. The first-order chi connectivity index (χ1) is 12.1. The molecular formula is C19H21BBr2O4. The molecule has 0 aromatic heterocycles. The molecule has 7 heteroatoms. The highest BCUT2D eigenvalue weighted by Gasteiger charge is 2.66. The Bertz CT molecular complexity index is 763. The number of hydrogen-bond donors (Lipinski definition) is 0. The molecule has 2 saturated heterocycles. The van der Waals surface area contributed by atoms with Gasteiger partial charge in [-0.25, -0.2) is 0 Å². The summed E-state index contributed by atoms with van der Waals surface area (Å²) in [5.74, 6) is -0.604. The maximum Gasteiger partial charge on any atom is 0.466 e. The first-order valence-corrected chi connectivity index (χ1v) is 10.3. The van der Waals surface area contributed by atoms with Crippen molar-refractivity contribution in [2.75, 3.05) is 0 Å². The Morgan fingerprint density at radius 2 is 1.62 bits per heavy atom. The Morgan fingerprint density at radius 1 is 1.04 bits per heavy atom. The molecule has 0 N–H and O–H groups in total. The van der Waals surface area contributed by atoms with Gasteiger partial charge in [0.1, 0.15) is 10.4 Å². The lowest BCUT2D eigenvalue weighted by Gasteiger charge is -2.50. The maximum absolute atomic E-state index is 12.7.